The van der Waals surface area contributed by atoms with Crippen LogP contribution in [0.5, 0.6) is 0 Å². The Morgan fingerprint density at radius 3 is 2.33 bits per heavy atom. The molecule has 0 radical (unpaired) electrons. The number of carbonyl (C=O) groups excluding carboxylic acids is 1. The molecular weight excluding hydrogens is 292 g/mol. The molecule has 0 aliphatic heterocycles. The molecule has 1 aromatic carbocycles. The maximum absolute atomic E-state index is 12.2. The number of esters is 1. The van der Waals surface area contributed by atoms with Gasteiger partial charge in [0.25, 0.3) is 0 Å². The molecule has 1 N–H and O–H groups in total. The first-order chi connectivity index (χ1) is 9.80. The molecule has 0 saturated heterocycles. The van der Waals surface area contributed by atoms with Gasteiger partial charge in [-0.15, -0.1) is 0 Å². The van der Waals surface area contributed by atoms with Gasteiger partial charge in [0.05, 0.1) is 23.6 Å². The number of ether oxygens (including phenoxy) is 1. The number of nitrogens with zero attached hydrogens (tertiary/aromatic N) is 1. The van der Waals surface area contributed by atoms with Crippen LogP contribution in [0.15, 0.2) is 29.2 Å². The van der Waals surface area contributed by atoms with Crippen LogP contribution in [0.1, 0.15) is 25.8 Å². The zero-order valence-electron chi connectivity index (χ0n) is 12.2. The topological polar surface area (TPSA) is 96.3 Å². The summed E-state index contributed by atoms with van der Waals surface area (Å²) in [5.41, 5.74) is 0.362. The predicted molar refractivity (Wildman–Crippen MR) is 76.7 cm³/mol. The number of sulfonamides is 1. The van der Waals surface area contributed by atoms with Crippen LogP contribution in [0.2, 0.25) is 0 Å². The SMILES string of the molecule is COC(=O)[C@H](CC(C)C)NS(=O)(=O)c1ccc(C#N)cc1. The van der Waals surface area contributed by atoms with Crippen molar-refractivity contribution in [3.05, 3.63) is 29.8 Å². The molecule has 0 spiro atoms. The molecule has 1 rings (SSSR count). The quantitative estimate of drug-likeness (QED) is 0.802. The summed E-state index contributed by atoms with van der Waals surface area (Å²) in [7, 11) is -2.63. The monoisotopic (exact) mass is 310 g/mol. The Bertz CT molecular complexity index is 630. The van der Waals surface area contributed by atoms with Crippen molar-refractivity contribution in [2.24, 2.45) is 5.92 Å². The highest BCUT2D eigenvalue weighted by molar-refractivity contribution is 7.89. The molecular formula is C14H18N2O4S. The predicted octanol–water partition coefficient (Wildman–Crippen LogP) is 1.42. The molecule has 0 aliphatic rings. The lowest BCUT2D eigenvalue weighted by atomic mass is 10.1. The second-order valence-corrected chi connectivity index (χ2v) is 6.68. The van der Waals surface area contributed by atoms with Gasteiger partial charge in [-0.25, -0.2) is 8.42 Å². The molecule has 0 fully saturated rings. The van der Waals surface area contributed by atoms with Crippen LogP contribution in [0.4, 0.5) is 0 Å². The van der Waals surface area contributed by atoms with Crippen molar-refractivity contribution in [1.82, 2.24) is 4.72 Å². The number of benzene rings is 1. The van der Waals surface area contributed by atoms with Crippen LogP contribution >= 0.6 is 0 Å². The van der Waals surface area contributed by atoms with Gasteiger partial charge in [0.15, 0.2) is 0 Å². The van der Waals surface area contributed by atoms with E-state index in [1.54, 1.807) is 0 Å². The summed E-state index contributed by atoms with van der Waals surface area (Å²) in [6, 6.07) is 6.44. The maximum atomic E-state index is 12.2. The van der Waals surface area contributed by atoms with Crippen molar-refractivity contribution >= 4 is 16.0 Å². The molecule has 21 heavy (non-hydrogen) atoms. The number of methoxy groups -OCH3 is 1. The van der Waals surface area contributed by atoms with E-state index in [-0.39, 0.29) is 10.8 Å². The van der Waals surface area contributed by atoms with Gasteiger partial charge >= 0.3 is 5.97 Å². The zero-order valence-corrected chi connectivity index (χ0v) is 13.0. The molecule has 1 atom stereocenters. The van der Waals surface area contributed by atoms with E-state index in [0.29, 0.717) is 12.0 Å². The third-order valence-corrected chi connectivity index (χ3v) is 4.27. The fourth-order valence-corrected chi connectivity index (χ4v) is 2.97. The van der Waals surface area contributed by atoms with E-state index in [9.17, 15) is 13.2 Å². The van der Waals surface area contributed by atoms with E-state index in [1.165, 1.54) is 31.4 Å². The molecule has 0 unspecified atom stereocenters. The average molecular weight is 310 g/mol. The van der Waals surface area contributed by atoms with E-state index in [2.05, 4.69) is 9.46 Å². The second kappa shape index (κ2) is 7.20. The Hall–Kier alpha value is -1.91. The highest BCUT2D eigenvalue weighted by Crippen LogP contribution is 2.13. The van der Waals surface area contributed by atoms with Crippen LogP contribution < -0.4 is 4.72 Å². The molecule has 7 heteroatoms. The second-order valence-electron chi connectivity index (χ2n) is 4.96. The Kier molecular flexibility index (Phi) is 5.88. The zero-order chi connectivity index (χ0) is 16.0. The Morgan fingerprint density at radius 1 is 1.33 bits per heavy atom. The largest absolute Gasteiger partial charge is 0.468 e. The van der Waals surface area contributed by atoms with Gasteiger partial charge in [0, 0.05) is 0 Å². The van der Waals surface area contributed by atoms with Gasteiger partial charge in [0.2, 0.25) is 10.0 Å². The van der Waals surface area contributed by atoms with Gasteiger partial charge in [-0.05, 0) is 36.6 Å². The lowest BCUT2D eigenvalue weighted by Crippen LogP contribution is -2.42. The van der Waals surface area contributed by atoms with Gasteiger partial charge < -0.3 is 4.74 Å². The maximum Gasteiger partial charge on any atom is 0.323 e. The lowest BCUT2D eigenvalue weighted by Gasteiger charge is -2.18. The smallest absolute Gasteiger partial charge is 0.323 e. The first kappa shape index (κ1) is 17.1. The summed E-state index contributed by atoms with van der Waals surface area (Å²) in [4.78, 5) is 11.7. The van der Waals surface area contributed by atoms with Crippen molar-refractivity contribution in [1.29, 1.82) is 5.26 Å². The number of carbonyl (C=O) groups is 1. The summed E-state index contributed by atoms with van der Waals surface area (Å²) < 4.78 is 31.5. The average Bonchev–Trinajstić information content (AvgIpc) is 2.45. The van der Waals surface area contributed by atoms with E-state index < -0.39 is 22.0 Å². The minimum Gasteiger partial charge on any atom is -0.468 e. The summed E-state index contributed by atoms with van der Waals surface area (Å²) in [6.45, 7) is 3.76. The first-order valence-electron chi connectivity index (χ1n) is 6.40. The number of hydrogen-bond acceptors (Lipinski definition) is 5. The number of rotatable bonds is 6. The molecule has 0 aromatic heterocycles. The van der Waals surface area contributed by atoms with Gasteiger partial charge in [0.1, 0.15) is 6.04 Å². The van der Waals surface area contributed by atoms with E-state index in [1.807, 2.05) is 19.9 Å². The molecule has 0 amide bonds. The molecule has 0 aliphatic carbocycles. The van der Waals surface area contributed by atoms with Crippen LogP contribution in [-0.2, 0) is 19.6 Å². The highest BCUT2D eigenvalue weighted by atomic mass is 32.2. The van der Waals surface area contributed by atoms with Crippen molar-refractivity contribution < 1.29 is 17.9 Å². The number of nitrogens with one attached hydrogen (secondary N) is 1. The fraction of sp³-hybridized carbons (Fsp3) is 0.429. The summed E-state index contributed by atoms with van der Waals surface area (Å²) in [5, 5.41) is 8.70. The standard InChI is InChI=1S/C14H18N2O4S/c1-10(2)8-13(14(17)20-3)16-21(18,19)12-6-4-11(9-15)5-7-12/h4-7,10,13,16H,8H2,1-3H3/t13-/m0/s1. The van der Waals surface area contributed by atoms with Crippen molar-refractivity contribution in [3.8, 4) is 6.07 Å². The molecule has 6 nitrogen and oxygen atoms in total. The third-order valence-electron chi connectivity index (χ3n) is 2.78. The molecule has 1 aromatic rings. The third kappa shape index (κ3) is 4.85. The molecule has 0 saturated carbocycles. The number of hydrogen-bond donors (Lipinski definition) is 1. The van der Waals surface area contributed by atoms with E-state index in [4.69, 9.17) is 5.26 Å². The van der Waals surface area contributed by atoms with Crippen LogP contribution in [0.3, 0.4) is 0 Å². The van der Waals surface area contributed by atoms with E-state index in [0.717, 1.165) is 0 Å². The van der Waals surface area contributed by atoms with Crippen LogP contribution in [-0.4, -0.2) is 27.5 Å². The van der Waals surface area contributed by atoms with Crippen molar-refractivity contribution in [2.75, 3.05) is 7.11 Å². The fourth-order valence-electron chi connectivity index (χ4n) is 1.77. The number of nitriles is 1. The minimum atomic E-state index is -3.85. The Morgan fingerprint density at radius 2 is 1.90 bits per heavy atom. The molecule has 0 bridgehead atoms. The normalized spacial score (nSPS) is 12.7. The van der Waals surface area contributed by atoms with Gasteiger partial charge in [-0.1, -0.05) is 13.8 Å². The van der Waals surface area contributed by atoms with Gasteiger partial charge in [-0.3, -0.25) is 4.79 Å². The highest BCUT2D eigenvalue weighted by Gasteiger charge is 2.27. The molecule has 0 heterocycles. The van der Waals surface area contributed by atoms with Crippen molar-refractivity contribution in [3.63, 3.8) is 0 Å². The summed E-state index contributed by atoms with van der Waals surface area (Å²) in [6.07, 6.45) is 0.335. The van der Waals surface area contributed by atoms with E-state index >= 15 is 0 Å². The van der Waals surface area contributed by atoms with Crippen molar-refractivity contribution in [2.45, 2.75) is 31.2 Å². The minimum absolute atomic E-state index is 0.000779. The summed E-state index contributed by atoms with van der Waals surface area (Å²) in [5.74, 6) is -0.501. The Labute approximate surface area is 124 Å². The summed E-state index contributed by atoms with van der Waals surface area (Å²) >= 11 is 0. The van der Waals surface area contributed by atoms with Crippen LogP contribution in [0, 0.1) is 17.2 Å². The van der Waals surface area contributed by atoms with Gasteiger partial charge in [-0.2, -0.15) is 9.98 Å². The Balaban J connectivity index is 2.99. The lowest BCUT2D eigenvalue weighted by molar-refractivity contribution is -0.143. The molecule has 114 valence electrons. The first-order valence-corrected chi connectivity index (χ1v) is 7.88. The van der Waals surface area contributed by atoms with Crippen LogP contribution in [0.25, 0.3) is 0 Å².